The Morgan fingerprint density at radius 2 is 1.65 bits per heavy atom. The number of furan rings is 1. The standard InChI is InChI=1S/C17H9N5O/c1-2-4-11-8-20-12(7-10(11)3-1)16-21-9-13-14(22-16)15-17(23-13)19-6-5-18-15/h1-9H. The molecule has 0 saturated carbocycles. The molecule has 0 aliphatic heterocycles. The third kappa shape index (κ3) is 1.85. The molecule has 0 N–H and O–H groups in total. The van der Waals surface area contributed by atoms with Crippen molar-refractivity contribution in [3.05, 3.63) is 55.1 Å². The Hall–Kier alpha value is -3.41. The molecule has 0 fully saturated rings. The lowest BCUT2D eigenvalue weighted by Gasteiger charge is -2.01. The van der Waals surface area contributed by atoms with Crippen LogP contribution in [0.25, 0.3) is 44.6 Å². The highest BCUT2D eigenvalue weighted by atomic mass is 16.3. The van der Waals surface area contributed by atoms with Crippen LogP contribution < -0.4 is 0 Å². The predicted molar refractivity (Wildman–Crippen MR) is 85.6 cm³/mol. The van der Waals surface area contributed by atoms with Gasteiger partial charge in [0.2, 0.25) is 5.71 Å². The number of hydrogen-bond donors (Lipinski definition) is 0. The summed E-state index contributed by atoms with van der Waals surface area (Å²) >= 11 is 0. The summed E-state index contributed by atoms with van der Waals surface area (Å²) in [6.07, 6.45) is 6.67. The zero-order chi connectivity index (χ0) is 15.2. The van der Waals surface area contributed by atoms with E-state index in [1.54, 1.807) is 18.6 Å². The van der Waals surface area contributed by atoms with Gasteiger partial charge in [-0.2, -0.15) is 0 Å². The number of aromatic nitrogens is 5. The van der Waals surface area contributed by atoms with E-state index in [0.29, 0.717) is 33.8 Å². The molecule has 0 atom stereocenters. The number of fused-ring (bicyclic) bond motifs is 4. The molecular weight excluding hydrogens is 290 g/mol. The van der Waals surface area contributed by atoms with E-state index in [-0.39, 0.29) is 0 Å². The maximum Gasteiger partial charge on any atom is 0.248 e. The molecule has 0 aliphatic rings. The average Bonchev–Trinajstić information content (AvgIpc) is 2.99. The van der Waals surface area contributed by atoms with Crippen LogP contribution in [-0.4, -0.2) is 24.9 Å². The Kier molecular flexibility index (Phi) is 2.40. The molecule has 5 aromatic rings. The molecule has 108 valence electrons. The SMILES string of the molecule is c1ccc2cc(-c3ncc4oc5nccnc5c4n3)ncc2c1. The van der Waals surface area contributed by atoms with Gasteiger partial charge in [0.1, 0.15) is 11.2 Å². The van der Waals surface area contributed by atoms with Crippen LogP contribution in [0.1, 0.15) is 0 Å². The molecule has 0 amide bonds. The summed E-state index contributed by atoms with van der Waals surface area (Å²) in [6, 6.07) is 10.0. The van der Waals surface area contributed by atoms with Crippen molar-refractivity contribution in [1.82, 2.24) is 24.9 Å². The fraction of sp³-hybridized carbons (Fsp3) is 0. The van der Waals surface area contributed by atoms with Gasteiger partial charge in [-0.3, -0.25) is 4.98 Å². The number of hydrogen-bond acceptors (Lipinski definition) is 6. The molecule has 0 bridgehead atoms. The van der Waals surface area contributed by atoms with E-state index in [9.17, 15) is 0 Å². The van der Waals surface area contributed by atoms with E-state index in [2.05, 4.69) is 24.9 Å². The van der Waals surface area contributed by atoms with Crippen molar-refractivity contribution in [3.8, 4) is 11.5 Å². The topological polar surface area (TPSA) is 77.6 Å². The molecule has 0 saturated heterocycles. The third-order valence-electron chi connectivity index (χ3n) is 3.71. The zero-order valence-corrected chi connectivity index (χ0v) is 11.8. The molecule has 6 heteroatoms. The maximum atomic E-state index is 5.59. The summed E-state index contributed by atoms with van der Waals surface area (Å²) in [7, 11) is 0. The summed E-state index contributed by atoms with van der Waals surface area (Å²) < 4.78 is 5.59. The summed E-state index contributed by atoms with van der Waals surface area (Å²) in [5, 5.41) is 2.18. The maximum absolute atomic E-state index is 5.59. The number of rotatable bonds is 1. The minimum Gasteiger partial charge on any atom is -0.433 e. The van der Waals surface area contributed by atoms with E-state index in [1.165, 1.54) is 0 Å². The van der Waals surface area contributed by atoms with Gasteiger partial charge in [0.05, 0.1) is 6.20 Å². The molecule has 4 aromatic heterocycles. The second-order valence-electron chi connectivity index (χ2n) is 5.14. The normalized spacial score (nSPS) is 11.5. The second kappa shape index (κ2) is 4.54. The quantitative estimate of drug-likeness (QED) is 0.472. The van der Waals surface area contributed by atoms with Crippen LogP contribution in [0, 0.1) is 0 Å². The van der Waals surface area contributed by atoms with Gasteiger partial charge >= 0.3 is 0 Å². The lowest BCUT2D eigenvalue weighted by Crippen LogP contribution is -1.92. The first-order valence-electron chi connectivity index (χ1n) is 7.10. The number of nitrogens with zero attached hydrogens (tertiary/aromatic N) is 5. The highest BCUT2D eigenvalue weighted by molar-refractivity contribution is 5.98. The lowest BCUT2D eigenvalue weighted by atomic mass is 10.1. The van der Waals surface area contributed by atoms with Crippen molar-refractivity contribution in [2.75, 3.05) is 0 Å². The molecule has 23 heavy (non-hydrogen) atoms. The molecule has 5 rings (SSSR count). The number of benzene rings is 1. The molecule has 0 spiro atoms. The first kappa shape index (κ1) is 12.2. The molecule has 0 radical (unpaired) electrons. The third-order valence-corrected chi connectivity index (χ3v) is 3.71. The van der Waals surface area contributed by atoms with Crippen molar-refractivity contribution >= 4 is 33.1 Å². The summed E-state index contributed by atoms with van der Waals surface area (Å²) in [6.45, 7) is 0. The van der Waals surface area contributed by atoms with Gasteiger partial charge in [-0.25, -0.2) is 19.9 Å². The molecular formula is C17H9N5O. The smallest absolute Gasteiger partial charge is 0.248 e. The van der Waals surface area contributed by atoms with Gasteiger partial charge in [0.15, 0.2) is 16.9 Å². The largest absolute Gasteiger partial charge is 0.433 e. The summed E-state index contributed by atoms with van der Waals surface area (Å²) in [4.78, 5) is 21.8. The molecule has 6 nitrogen and oxygen atoms in total. The summed E-state index contributed by atoms with van der Waals surface area (Å²) in [5.41, 5.74) is 3.01. The minimum absolute atomic E-state index is 0.459. The zero-order valence-electron chi connectivity index (χ0n) is 11.8. The van der Waals surface area contributed by atoms with E-state index in [4.69, 9.17) is 4.42 Å². The molecule has 0 aliphatic carbocycles. The first-order chi connectivity index (χ1) is 11.4. The van der Waals surface area contributed by atoms with Crippen molar-refractivity contribution in [3.63, 3.8) is 0 Å². The Bertz CT molecular complexity index is 1180. The highest BCUT2D eigenvalue weighted by Crippen LogP contribution is 2.26. The fourth-order valence-electron chi connectivity index (χ4n) is 2.61. The Morgan fingerprint density at radius 1 is 0.783 bits per heavy atom. The molecule has 1 aromatic carbocycles. The van der Waals surface area contributed by atoms with Gasteiger partial charge in [0, 0.05) is 24.0 Å². The first-order valence-corrected chi connectivity index (χ1v) is 7.10. The van der Waals surface area contributed by atoms with E-state index < -0.39 is 0 Å². The molecule has 0 unspecified atom stereocenters. The van der Waals surface area contributed by atoms with Crippen LogP contribution in [0.15, 0.2) is 59.5 Å². The van der Waals surface area contributed by atoms with E-state index >= 15 is 0 Å². The molecule has 4 heterocycles. The monoisotopic (exact) mass is 299 g/mol. The average molecular weight is 299 g/mol. The van der Waals surface area contributed by atoms with Crippen LogP contribution in [0.5, 0.6) is 0 Å². The second-order valence-corrected chi connectivity index (χ2v) is 5.14. The van der Waals surface area contributed by atoms with E-state index in [0.717, 1.165) is 10.8 Å². The van der Waals surface area contributed by atoms with Gasteiger partial charge < -0.3 is 4.42 Å². The van der Waals surface area contributed by atoms with Crippen LogP contribution in [0.2, 0.25) is 0 Å². The van der Waals surface area contributed by atoms with Gasteiger partial charge in [-0.15, -0.1) is 0 Å². The lowest BCUT2D eigenvalue weighted by molar-refractivity contribution is 0.650. The fourth-order valence-corrected chi connectivity index (χ4v) is 2.61. The Balaban J connectivity index is 1.76. The summed E-state index contributed by atoms with van der Waals surface area (Å²) in [5.74, 6) is 0.539. The van der Waals surface area contributed by atoms with E-state index in [1.807, 2.05) is 36.5 Å². The minimum atomic E-state index is 0.459. The van der Waals surface area contributed by atoms with Gasteiger partial charge in [0.25, 0.3) is 0 Å². The highest BCUT2D eigenvalue weighted by Gasteiger charge is 2.13. The van der Waals surface area contributed by atoms with Crippen LogP contribution in [0.3, 0.4) is 0 Å². The van der Waals surface area contributed by atoms with Crippen LogP contribution in [0.4, 0.5) is 0 Å². The Morgan fingerprint density at radius 3 is 2.61 bits per heavy atom. The number of pyridine rings is 1. The van der Waals surface area contributed by atoms with Crippen molar-refractivity contribution in [2.45, 2.75) is 0 Å². The Labute approximate surface area is 129 Å². The van der Waals surface area contributed by atoms with Crippen LogP contribution >= 0.6 is 0 Å². The van der Waals surface area contributed by atoms with Gasteiger partial charge in [-0.1, -0.05) is 24.3 Å². The van der Waals surface area contributed by atoms with Crippen molar-refractivity contribution < 1.29 is 4.42 Å². The van der Waals surface area contributed by atoms with Gasteiger partial charge in [-0.05, 0) is 11.5 Å². The predicted octanol–water partition coefficient (Wildman–Crippen LogP) is 3.38. The van der Waals surface area contributed by atoms with Crippen molar-refractivity contribution in [2.24, 2.45) is 0 Å². The van der Waals surface area contributed by atoms with Crippen LogP contribution in [-0.2, 0) is 0 Å². The van der Waals surface area contributed by atoms with Crippen molar-refractivity contribution in [1.29, 1.82) is 0 Å².